The van der Waals surface area contributed by atoms with Crippen LogP contribution in [0.4, 0.5) is 5.00 Å². The molecule has 1 atom stereocenters. The minimum atomic E-state index is 0.0106. The maximum Gasteiger partial charge on any atom is 0.226 e. The minimum Gasteiger partial charge on any atom is -0.317 e. The molecule has 1 amide bonds. The molecule has 0 radical (unpaired) electrons. The summed E-state index contributed by atoms with van der Waals surface area (Å²) in [5.41, 5.74) is 1.87. The van der Waals surface area contributed by atoms with Crippen molar-refractivity contribution in [1.82, 2.24) is 4.90 Å². The van der Waals surface area contributed by atoms with Crippen molar-refractivity contribution in [2.45, 2.75) is 52.4 Å². The fourth-order valence-electron chi connectivity index (χ4n) is 2.98. The number of fused-ring (bicyclic) bond motifs is 1. The van der Waals surface area contributed by atoms with Crippen molar-refractivity contribution in [2.24, 2.45) is 5.92 Å². The molecular weight excluding hydrogens is 306 g/mol. The minimum absolute atomic E-state index is 0.0106. The summed E-state index contributed by atoms with van der Waals surface area (Å²) in [6.45, 7) is 6.21. The molecule has 1 aliphatic rings. The van der Waals surface area contributed by atoms with Gasteiger partial charge in [0, 0.05) is 17.8 Å². The Morgan fingerprint density at radius 3 is 2.96 bits per heavy atom. The smallest absolute Gasteiger partial charge is 0.226 e. The molecule has 1 aromatic rings. The van der Waals surface area contributed by atoms with E-state index in [-0.39, 0.29) is 5.91 Å². The number of thiophene rings is 1. The Morgan fingerprint density at radius 2 is 2.26 bits per heavy atom. The van der Waals surface area contributed by atoms with Gasteiger partial charge in [0.05, 0.1) is 5.56 Å². The molecule has 0 aromatic carbocycles. The summed E-state index contributed by atoms with van der Waals surface area (Å²) in [6, 6.07) is 2.30. The maximum absolute atomic E-state index is 12.2. The number of nitrogens with one attached hydrogen (secondary N) is 1. The second-order valence-electron chi connectivity index (χ2n) is 6.62. The molecule has 126 valence electrons. The molecule has 1 aromatic heterocycles. The van der Waals surface area contributed by atoms with Crippen molar-refractivity contribution in [3.05, 3.63) is 16.0 Å². The zero-order valence-corrected chi connectivity index (χ0v) is 15.3. The highest BCUT2D eigenvalue weighted by atomic mass is 32.1. The first-order valence-corrected chi connectivity index (χ1v) is 9.39. The lowest BCUT2D eigenvalue weighted by atomic mass is 9.89. The van der Waals surface area contributed by atoms with E-state index < -0.39 is 0 Å². The first kappa shape index (κ1) is 18.0. The average molecular weight is 334 g/mol. The van der Waals surface area contributed by atoms with Gasteiger partial charge >= 0.3 is 0 Å². The molecule has 2 rings (SSSR count). The summed E-state index contributed by atoms with van der Waals surface area (Å²) in [5, 5.41) is 13.2. The predicted molar refractivity (Wildman–Crippen MR) is 95.9 cm³/mol. The normalized spacial score (nSPS) is 16.9. The number of amides is 1. The lowest BCUT2D eigenvalue weighted by Gasteiger charge is -2.17. The molecule has 1 unspecified atom stereocenters. The molecule has 1 N–H and O–H groups in total. The largest absolute Gasteiger partial charge is 0.317 e. The SMILES string of the molecule is CCCCN(C)CCC(=O)Nc1sc2c(c1C#N)CCC(C)C2. The Morgan fingerprint density at radius 1 is 1.48 bits per heavy atom. The van der Waals surface area contributed by atoms with E-state index in [1.54, 1.807) is 11.3 Å². The number of hydrogen-bond acceptors (Lipinski definition) is 4. The van der Waals surface area contributed by atoms with Crippen LogP contribution < -0.4 is 5.32 Å². The predicted octanol–water partition coefficient (Wildman–Crippen LogP) is 3.81. The molecule has 23 heavy (non-hydrogen) atoms. The fourth-order valence-corrected chi connectivity index (χ4v) is 4.36. The van der Waals surface area contributed by atoms with Gasteiger partial charge in [-0.25, -0.2) is 0 Å². The van der Waals surface area contributed by atoms with Gasteiger partial charge in [0.15, 0.2) is 0 Å². The van der Waals surface area contributed by atoms with Crippen LogP contribution in [0.1, 0.15) is 55.5 Å². The van der Waals surface area contributed by atoms with Crippen LogP contribution in [0.15, 0.2) is 0 Å². The van der Waals surface area contributed by atoms with Crippen LogP contribution in [-0.2, 0) is 17.6 Å². The topological polar surface area (TPSA) is 56.1 Å². The quantitative estimate of drug-likeness (QED) is 0.825. The van der Waals surface area contributed by atoms with E-state index in [0.717, 1.165) is 43.8 Å². The number of rotatable bonds is 7. The van der Waals surface area contributed by atoms with Crippen LogP contribution in [0.5, 0.6) is 0 Å². The van der Waals surface area contributed by atoms with Crippen LogP contribution >= 0.6 is 11.3 Å². The molecule has 0 bridgehead atoms. The molecule has 5 heteroatoms. The van der Waals surface area contributed by atoms with Gasteiger partial charge in [0.2, 0.25) is 5.91 Å². The molecule has 1 aliphatic carbocycles. The maximum atomic E-state index is 12.2. The standard InChI is InChI=1S/C18H27N3OS/c1-4-5-9-21(3)10-8-17(22)20-18-15(12-19)14-7-6-13(2)11-16(14)23-18/h13H,4-11H2,1-3H3,(H,20,22). The third-order valence-corrected chi connectivity index (χ3v) is 5.66. The molecular formula is C18H27N3OS. The second kappa shape index (κ2) is 8.47. The third kappa shape index (κ3) is 4.79. The Labute approximate surface area is 143 Å². The summed E-state index contributed by atoms with van der Waals surface area (Å²) in [7, 11) is 2.05. The van der Waals surface area contributed by atoms with Gasteiger partial charge in [0.1, 0.15) is 11.1 Å². The van der Waals surface area contributed by atoms with Crippen molar-refractivity contribution < 1.29 is 4.79 Å². The van der Waals surface area contributed by atoms with Crippen LogP contribution in [0.2, 0.25) is 0 Å². The van der Waals surface area contributed by atoms with Crippen LogP contribution in [0.25, 0.3) is 0 Å². The van der Waals surface area contributed by atoms with Crippen molar-refractivity contribution in [3.8, 4) is 6.07 Å². The Bertz CT molecular complexity index is 588. The van der Waals surface area contributed by atoms with Crippen LogP contribution in [0, 0.1) is 17.2 Å². The first-order chi connectivity index (χ1) is 11.0. The van der Waals surface area contributed by atoms with E-state index in [9.17, 15) is 10.1 Å². The van der Waals surface area contributed by atoms with Gasteiger partial charge in [-0.15, -0.1) is 11.3 Å². The van der Waals surface area contributed by atoms with E-state index in [0.29, 0.717) is 17.9 Å². The summed E-state index contributed by atoms with van der Waals surface area (Å²) >= 11 is 1.60. The molecule has 4 nitrogen and oxygen atoms in total. The molecule has 0 saturated heterocycles. The van der Waals surface area contributed by atoms with Gasteiger partial charge in [-0.3, -0.25) is 4.79 Å². The first-order valence-electron chi connectivity index (χ1n) is 8.58. The number of hydrogen-bond donors (Lipinski definition) is 1. The Balaban J connectivity index is 1.95. The number of nitriles is 1. The van der Waals surface area contributed by atoms with Crippen LogP contribution in [-0.4, -0.2) is 30.9 Å². The number of unbranched alkanes of at least 4 members (excludes halogenated alkanes) is 1. The van der Waals surface area contributed by atoms with Gasteiger partial charge in [0.25, 0.3) is 0 Å². The second-order valence-corrected chi connectivity index (χ2v) is 7.73. The zero-order valence-electron chi connectivity index (χ0n) is 14.4. The third-order valence-electron chi connectivity index (χ3n) is 4.49. The van der Waals surface area contributed by atoms with Crippen LogP contribution in [0.3, 0.4) is 0 Å². The lowest BCUT2D eigenvalue weighted by Crippen LogP contribution is -2.25. The van der Waals surface area contributed by atoms with E-state index in [1.165, 1.54) is 16.9 Å². The molecule has 0 spiro atoms. The van der Waals surface area contributed by atoms with Gasteiger partial charge < -0.3 is 10.2 Å². The van der Waals surface area contributed by atoms with Crippen molar-refractivity contribution in [1.29, 1.82) is 5.26 Å². The highest BCUT2D eigenvalue weighted by Gasteiger charge is 2.24. The molecule has 0 saturated carbocycles. The Hall–Kier alpha value is -1.38. The van der Waals surface area contributed by atoms with Gasteiger partial charge in [-0.2, -0.15) is 5.26 Å². The van der Waals surface area contributed by atoms with Crippen molar-refractivity contribution in [3.63, 3.8) is 0 Å². The lowest BCUT2D eigenvalue weighted by molar-refractivity contribution is -0.116. The number of nitrogens with zero attached hydrogens (tertiary/aromatic N) is 2. The summed E-state index contributed by atoms with van der Waals surface area (Å²) in [6.07, 6.45) is 5.93. The molecule has 0 fully saturated rings. The highest BCUT2D eigenvalue weighted by molar-refractivity contribution is 7.16. The fraction of sp³-hybridized carbons (Fsp3) is 0.667. The number of carbonyl (C=O) groups is 1. The van der Waals surface area contributed by atoms with E-state index >= 15 is 0 Å². The number of carbonyl (C=O) groups excluding carboxylic acids is 1. The van der Waals surface area contributed by atoms with Gasteiger partial charge in [-0.05, 0) is 50.8 Å². The van der Waals surface area contributed by atoms with E-state index in [4.69, 9.17) is 0 Å². The summed E-state index contributed by atoms with van der Waals surface area (Å²) < 4.78 is 0. The van der Waals surface area contributed by atoms with E-state index in [1.807, 2.05) is 0 Å². The van der Waals surface area contributed by atoms with Crippen molar-refractivity contribution in [2.75, 3.05) is 25.5 Å². The average Bonchev–Trinajstić information content (AvgIpc) is 2.86. The zero-order chi connectivity index (χ0) is 16.8. The summed E-state index contributed by atoms with van der Waals surface area (Å²) in [4.78, 5) is 15.7. The molecule has 1 heterocycles. The Kier molecular flexibility index (Phi) is 6.61. The van der Waals surface area contributed by atoms with Gasteiger partial charge in [-0.1, -0.05) is 20.3 Å². The summed E-state index contributed by atoms with van der Waals surface area (Å²) in [5.74, 6) is 0.681. The number of anilines is 1. The monoisotopic (exact) mass is 333 g/mol. The highest BCUT2D eigenvalue weighted by Crippen LogP contribution is 2.39. The van der Waals surface area contributed by atoms with Crippen molar-refractivity contribution >= 4 is 22.2 Å². The molecule has 0 aliphatic heterocycles. The van der Waals surface area contributed by atoms with E-state index in [2.05, 4.69) is 37.2 Å².